The summed E-state index contributed by atoms with van der Waals surface area (Å²) >= 11 is 0. The molecule has 0 radical (unpaired) electrons. The van der Waals surface area contributed by atoms with Crippen molar-refractivity contribution in [2.45, 2.75) is 64.3 Å². The van der Waals surface area contributed by atoms with Crippen molar-refractivity contribution >= 4 is 22.6 Å². The molecule has 1 aromatic carbocycles. The smallest absolute Gasteiger partial charge is 0.256 e. The van der Waals surface area contributed by atoms with Crippen LogP contribution in [-0.4, -0.2) is 63.8 Å². The number of hydrogen-bond acceptors (Lipinski definition) is 4. The fraction of sp³-hybridized carbons (Fsp3) is 0.500. The Balaban J connectivity index is 1.41. The molecule has 1 aliphatic carbocycles. The van der Waals surface area contributed by atoms with E-state index in [2.05, 4.69) is 22.1 Å². The second-order valence-corrected chi connectivity index (χ2v) is 11.1. The lowest BCUT2D eigenvalue weighted by atomic mass is 9.86. The Hall–Kier alpha value is -3.06. The van der Waals surface area contributed by atoms with Gasteiger partial charge >= 0.3 is 0 Å². The topological polar surface area (TPSA) is 58.4 Å². The monoisotopic (exact) mass is 504 g/mol. The van der Waals surface area contributed by atoms with Gasteiger partial charge in [0, 0.05) is 50.3 Å². The maximum atomic E-state index is 14.3. The number of fused-ring (bicyclic) bond motifs is 1. The van der Waals surface area contributed by atoms with E-state index in [1.165, 1.54) is 17.7 Å². The highest BCUT2D eigenvalue weighted by Gasteiger charge is 2.28. The van der Waals surface area contributed by atoms with Crippen LogP contribution in [0.4, 0.5) is 4.39 Å². The molecule has 0 unspecified atom stereocenters. The lowest BCUT2D eigenvalue weighted by Crippen LogP contribution is -2.37. The Labute approximate surface area is 218 Å². The molecule has 2 aromatic heterocycles. The molecule has 0 bridgehead atoms. The van der Waals surface area contributed by atoms with Gasteiger partial charge < -0.3 is 14.4 Å². The van der Waals surface area contributed by atoms with Crippen molar-refractivity contribution < 1.29 is 14.0 Å². The SMILES string of the molecule is CC(C)N(C)C(=O)c1cc(F)ccc1-n1cc(C2CCN(CC3CCC(=O)CC3)CC2)c2ccncc21. The number of benzene rings is 1. The zero-order chi connectivity index (χ0) is 26.1. The molecule has 1 saturated carbocycles. The van der Waals surface area contributed by atoms with Crippen LogP contribution in [0.15, 0.2) is 42.9 Å². The third-order valence-electron chi connectivity index (χ3n) is 8.39. The maximum Gasteiger partial charge on any atom is 0.256 e. The number of rotatable bonds is 6. The summed E-state index contributed by atoms with van der Waals surface area (Å²) in [4.78, 5) is 33.5. The van der Waals surface area contributed by atoms with Crippen molar-refractivity contribution in [1.29, 1.82) is 0 Å². The number of carbonyl (C=O) groups is 2. The fourth-order valence-electron chi connectivity index (χ4n) is 5.91. The molecule has 196 valence electrons. The van der Waals surface area contributed by atoms with Gasteiger partial charge in [-0.3, -0.25) is 14.6 Å². The normalized spacial score (nSPS) is 18.1. The van der Waals surface area contributed by atoms with Crippen molar-refractivity contribution in [3.8, 4) is 5.69 Å². The largest absolute Gasteiger partial charge is 0.339 e. The van der Waals surface area contributed by atoms with Gasteiger partial charge in [-0.05, 0) is 94.3 Å². The minimum Gasteiger partial charge on any atom is -0.339 e. The van der Waals surface area contributed by atoms with Gasteiger partial charge in [-0.25, -0.2) is 4.39 Å². The summed E-state index contributed by atoms with van der Waals surface area (Å²) in [6.07, 6.45) is 11.5. The van der Waals surface area contributed by atoms with Crippen LogP contribution in [0.3, 0.4) is 0 Å². The molecule has 3 heterocycles. The van der Waals surface area contributed by atoms with Gasteiger partial charge in [0.25, 0.3) is 5.91 Å². The molecule has 7 heteroatoms. The van der Waals surface area contributed by atoms with Crippen molar-refractivity contribution in [2.24, 2.45) is 5.92 Å². The van der Waals surface area contributed by atoms with Crippen LogP contribution in [0.25, 0.3) is 16.6 Å². The molecule has 37 heavy (non-hydrogen) atoms. The second kappa shape index (κ2) is 10.7. The third-order valence-corrected chi connectivity index (χ3v) is 8.39. The Bertz CT molecular complexity index is 1280. The van der Waals surface area contributed by atoms with Crippen LogP contribution in [0.2, 0.25) is 0 Å². The van der Waals surface area contributed by atoms with Gasteiger partial charge in [-0.1, -0.05) is 0 Å². The van der Waals surface area contributed by atoms with Gasteiger partial charge in [0.05, 0.1) is 23.0 Å². The molecule has 0 spiro atoms. The number of likely N-dealkylation sites (tertiary alicyclic amines) is 1. The van der Waals surface area contributed by atoms with Gasteiger partial charge in [0.15, 0.2) is 0 Å². The molecule has 3 aromatic rings. The molecule has 1 aliphatic heterocycles. The highest BCUT2D eigenvalue weighted by atomic mass is 19.1. The number of pyridine rings is 1. The van der Waals surface area contributed by atoms with E-state index < -0.39 is 5.82 Å². The summed E-state index contributed by atoms with van der Waals surface area (Å²) in [5.74, 6) is 0.847. The first-order valence-corrected chi connectivity index (χ1v) is 13.6. The number of aromatic nitrogens is 2. The zero-order valence-corrected chi connectivity index (χ0v) is 22.1. The summed E-state index contributed by atoms with van der Waals surface area (Å²) in [5, 5.41) is 1.14. The molecule has 0 atom stereocenters. The van der Waals surface area contributed by atoms with Crippen molar-refractivity contribution in [1.82, 2.24) is 19.4 Å². The predicted octanol–water partition coefficient (Wildman–Crippen LogP) is 5.58. The fourth-order valence-corrected chi connectivity index (χ4v) is 5.91. The van der Waals surface area contributed by atoms with Gasteiger partial charge in [0.1, 0.15) is 11.6 Å². The molecule has 1 amide bonds. The minimum absolute atomic E-state index is 0.00142. The molecular formula is C30H37FN4O2. The van der Waals surface area contributed by atoms with E-state index in [0.717, 1.165) is 69.1 Å². The van der Waals surface area contributed by atoms with Crippen molar-refractivity contribution in [2.75, 3.05) is 26.7 Å². The Morgan fingerprint density at radius 2 is 1.86 bits per heavy atom. The number of Topliss-reactive ketones (excluding diaryl/α,β-unsaturated/α-hetero) is 1. The number of ketones is 1. The molecule has 1 saturated heterocycles. The standard InChI is InChI=1S/C30H37FN4O2/c1-20(2)33(3)30(37)26-16-23(31)6-9-28(26)35-19-27(25-10-13-32-17-29(25)35)22-11-14-34(15-12-22)18-21-4-7-24(36)8-5-21/h6,9-10,13,16-17,19-22H,4-5,7-8,11-12,14-15,18H2,1-3H3. The van der Waals surface area contributed by atoms with Crippen LogP contribution < -0.4 is 0 Å². The third kappa shape index (κ3) is 5.33. The van der Waals surface area contributed by atoms with E-state index in [-0.39, 0.29) is 11.9 Å². The van der Waals surface area contributed by atoms with Crippen LogP contribution >= 0.6 is 0 Å². The van der Waals surface area contributed by atoms with Crippen LogP contribution in [0, 0.1) is 11.7 Å². The molecule has 0 N–H and O–H groups in total. The van der Waals surface area contributed by atoms with Crippen LogP contribution in [0.5, 0.6) is 0 Å². The molecule has 5 rings (SSSR count). The van der Waals surface area contributed by atoms with E-state index in [9.17, 15) is 14.0 Å². The van der Waals surface area contributed by atoms with Crippen molar-refractivity contribution in [3.05, 3.63) is 59.8 Å². The number of halogens is 1. The number of piperidine rings is 1. The number of hydrogen-bond donors (Lipinski definition) is 0. The number of carbonyl (C=O) groups excluding carboxylic acids is 2. The molecule has 6 nitrogen and oxygen atoms in total. The van der Waals surface area contributed by atoms with E-state index in [4.69, 9.17) is 0 Å². The number of amides is 1. The lowest BCUT2D eigenvalue weighted by Gasteiger charge is -2.35. The van der Waals surface area contributed by atoms with E-state index in [0.29, 0.717) is 28.9 Å². The van der Waals surface area contributed by atoms with Gasteiger partial charge in [0.2, 0.25) is 0 Å². The minimum atomic E-state index is -0.422. The summed E-state index contributed by atoms with van der Waals surface area (Å²) in [7, 11) is 1.75. The quantitative estimate of drug-likeness (QED) is 0.440. The highest BCUT2D eigenvalue weighted by Crippen LogP contribution is 2.37. The van der Waals surface area contributed by atoms with E-state index in [1.54, 1.807) is 18.0 Å². The lowest BCUT2D eigenvalue weighted by molar-refractivity contribution is -0.121. The number of nitrogens with zero attached hydrogens (tertiary/aromatic N) is 4. The average molecular weight is 505 g/mol. The van der Waals surface area contributed by atoms with E-state index >= 15 is 0 Å². The van der Waals surface area contributed by atoms with Gasteiger partial charge in [-0.2, -0.15) is 0 Å². The first-order chi connectivity index (χ1) is 17.8. The highest BCUT2D eigenvalue weighted by molar-refractivity contribution is 5.99. The summed E-state index contributed by atoms with van der Waals surface area (Å²) in [6, 6.07) is 6.51. The van der Waals surface area contributed by atoms with E-state index in [1.807, 2.05) is 30.8 Å². The second-order valence-electron chi connectivity index (χ2n) is 11.1. The Morgan fingerprint density at radius 3 is 2.57 bits per heavy atom. The first kappa shape index (κ1) is 25.6. The Kier molecular flexibility index (Phi) is 7.43. The van der Waals surface area contributed by atoms with Gasteiger partial charge in [-0.15, -0.1) is 0 Å². The molecule has 2 fully saturated rings. The maximum absolute atomic E-state index is 14.3. The molecular weight excluding hydrogens is 467 g/mol. The summed E-state index contributed by atoms with van der Waals surface area (Å²) < 4.78 is 16.3. The summed E-state index contributed by atoms with van der Waals surface area (Å²) in [5.41, 5.74) is 3.22. The summed E-state index contributed by atoms with van der Waals surface area (Å²) in [6.45, 7) is 7.09. The zero-order valence-electron chi connectivity index (χ0n) is 22.1. The van der Waals surface area contributed by atoms with Crippen LogP contribution in [0.1, 0.15) is 74.2 Å². The van der Waals surface area contributed by atoms with Crippen molar-refractivity contribution in [3.63, 3.8) is 0 Å². The first-order valence-electron chi connectivity index (χ1n) is 13.6. The van der Waals surface area contributed by atoms with Crippen LogP contribution in [-0.2, 0) is 4.79 Å². The predicted molar refractivity (Wildman–Crippen MR) is 144 cm³/mol. The molecule has 2 aliphatic rings. The average Bonchev–Trinajstić information content (AvgIpc) is 3.29. The Morgan fingerprint density at radius 1 is 1.14 bits per heavy atom.